The molecule has 19 heavy (non-hydrogen) atoms. The summed E-state index contributed by atoms with van der Waals surface area (Å²) in [5, 5.41) is 0. The largest absolute Gasteiger partial charge is 0.381 e. The van der Waals surface area contributed by atoms with Gasteiger partial charge in [-0.2, -0.15) is 0 Å². The zero-order valence-electron chi connectivity index (χ0n) is 11.3. The Kier molecular flexibility index (Phi) is 3.83. The lowest BCUT2D eigenvalue weighted by Crippen LogP contribution is -2.39. The third kappa shape index (κ3) is 2.81. The van der Waals surface area contributed by atoms with E-state index < -0.39 is 0 Å². The van der Waals surface area contributed by atoms with Crippen molar-refractivity contribution in [3.05, 3.63) is 35.4 Å². The van der Waals surface area contributed by atoms with Crippen molar-refractivity contribution in [2.24, 2.45) is 5.92 Å². The normalized spacial score (nSPS) is 20.7. The first-order valence-electron chi connectivity index (χ1n) is 7.28. The fourth-order valence-corrected chi connectivity index (χ4v) is 3.09. The zero-order chi connectivity index (χ0) is 13.1. The van der Waals surface area contributed by atoms with Gasteiger partial charge in [0.1, 0.15) is 0 Å². The van der Waals surface area contributed by atoms with Crippen LogP contribution in [-0.4, -0.2) is 37.1 Å². The van der Waals surface area contributed by atoms with Gasteiger partial charge >= 0.3 is 0 Å². The molecule has 102 valence electrons. The number of hydrogen-bond donors (Lipinski definition) is 0. The van der Waals surface area contributed by atoms with E-state index in [1.54, 1.807) is 0 Å². The van der Waals surface area contributed by atoms with Crippen LogP contribution in [0, 0.1) is 5.92 Å². The van der Waals surface area contributed by atoms with Gasteiger partial charge < -0.3 is 9.64 Å². The van der Waals surface area contributed by atoms with Crippen LogP contribution in [0.2, 0.25) is 0 Å². The lowest BCUT2D eigenvalue weighted by molar-refractivity contribution is -0.138. The van der Waals surface area contributed by atoms with Gasteiger partial charge in [-0.05, 0) is 36.8 Å². The highest BCUT2D eigenvalue weighted by Gasteiger charge is 2.27. The summed E-state index contributed by atoms with van der Waals surface area (Å²) < 4.78 is 5.34. The van der Waals surface area contributed by atoms with Gasteiger partial charge in [0.25, 0.3) is 0 Å². The molecule has 1 saturated heterocycles. The first kappa shape index (κ1) is 12.7. The monoisotopic (exact) mass is 259 g/mol. The highest BCUT2D eigenvalue weighted by molar-refractivity contribution is 5.79. The zero-order valence-corrected chi connectivity index (χ0v) is 11.3. The number of carbonyl (C=O) groups is 1. The highest BCUT2D eigenvalue weighted by Crippen LogP contribution is 2.21. The Morgan fingerprint density at radius 3 is 2.21 bits per heavy atom. The second-order valence-electron chi connectivity index (χ2n) is 5.48. The molecular weight excluding hydrogens is 238 g/mol. The molecule has 2 aliphatic rings. The van der Waals surface area contributed by atoms with Crippen molar-refractivity contribution >= 4 is 5.91 Å². The van der Waals surface area contributed by atoms with Gasteiger partial charge in [0.2, 0.25) is 5.91 Å². The Balaban J connectivity index is 1.66. The minimum absolute atomic E-state index is 0.190. The van der Waals surface area contributed by atoms with Crippen molar-refractivity contribution in [2.45, 2.75) is 25.7 Å². The Morgan fingerprint density at radius 2 is 1.63 bits per heavy atom. The molecule has 0 saturated carbocycles. The molecule has 0 radical (unpaired) electrons. The summed E-state index contributed by atoms with van der Waals surface area (Å²) in [6, 6.07) is 8.57. The molecule has 1 fully saturated rings. The van der Waals surface area contributed by atoms with Gasteiger partial charge in [-0.25, -0.2) is 0 Å². The number of amides is 1. The Hall–Kier alpha value is -1.35. The molecular formula is C16H21NO2. The van der Waals surface area contributed by atoms with E-state index in [-0.39, 0.29) is 5.92 Å². The van der Waals surface area contributed by atoms with Crippen LogP contribution in [0.15, 0.2) is 24.3 Å². The number of rotatable bonds is 1. The molecule has 0 aliphatic carbocycles. The van der Waals surface area contributed by atoms with E-state index in [0.717, 1.165) is 52.0 Å². The molecule has 3 rings (SSSR count). The molecule has 0 spiro atoms. The average Bonchev–Trinajstić information content (AvgIpc) is 2.70. The van der Waals surface area contributed by atoms with Crippen LogP contribution in [0.4, 0.5) is 0 Å². The van der Waals surface area contributed by atoms with Crippen molar-refractivity contribution in [1.29, 1.82) is 0 Å². The van der Waals surface area contributed by atoms with E-state index in [2.05, 4.69) is 29.2 Å². The maximum atomic E-state index is 12.5. The van der Waals surface area contributed by atoms with Gasteiger partial charge in [0, 0.05) is 32.2 Å². The number of carbonyl (C=O) groups excluding carboxylic acids is 1. The lowest BCUT2D eigenvalue weighted by Gasteiger charge is -2.28. The molecule has 3 nitrogen and oxygen atoms in total. The summed E-state index contributed by atoms with van der Waals surface area (Å²) in [6.07, 6.45) is 3.76. The van der Waals surface area contributed by atoms with Crippen molar-refractivity contribution in [1.82, 2.24) is 4.90 Å². The SMILES string of the molecule is O=C(C1CCOCC1)N1CCc2ccccc2CC1. The first-order chi connectivity index (χ1) is 9.34. The standard InChI is InChI=1S/C16H21NO2/c18-16(15-7-11-19-12-8-15)17-9-5-13-3-1-2-4-14(13)6-10-17/h1-4,15H,5-12H2. The summed E-state index contributed by atoms with van der Waals surface area (Å²) in [6.45, 7) is 3.22. The van der Waals surface area contributed by atoms with E-state index in [9.17, 15) is 4.79 Å². The van der Waals surface area contributed by atoms with Crippen LogP contribution in [-0.2, 0) is 22.4 Å². The number of hydrogen-bond acceptors (Lipinski definition) is 2. The quantitative estimate of drug-likeness (QED) is 0.772. The van der Waals surface area contributed by atoms with Crippen LogP contribution in [0.1, 0.15) is 24.0 Å². The number of nitrogens with zero attached hydrogens (tertiary/aromatic N) is 1. The maximum Gasteiger partial charge on any atom is 0.225 e. The Labute approximate surface area is 114 Å². The second-order valence-corrected chi connectivity index (χ2v) is 5.48. The van der Waals surface area contributed by atoms with Crippen LogP contribution in [0.5, 0.6) is 0 Å². The molecule has 0 unspecified atom stereocenters. The third-order valence-corrected chi connectivity index (χ3v) is 4.30. The average molecular weight is 259 g/mol. The van der Waals surface area contributed by atoms with Crippen LogP contribution in [0.3, 0.4) is 0 Å². The van der Waals surface area contributed by atoms with Gasteiger partial charge in [-0.3, -0.25) is 4.79 Å². The molecule has 0 aromatic heterocycles. The molecule has 1 aromatic rings. The molecule has 3 heteroatoms. The maximum absolute atomic E-state index is 12.5. The number of benzene rings is 1. The minimum Gasteiger partial charge on any atom is -0.381 e. The number of ether oxygens (including phenoxy) is 1. The predicted molar refractivity (Wildman–Crippen MR) is 74.0 cm³/mol. The molecule has 1 amide bonds. The van der Waals surface area contributed by atoms with Crippen molar-refractivity contribution in [2.75, 3.05) is 26.3 Å². The van der Waals surface area contributed by atoms with Crippen molar-refractivity contribution < 1.29 is 9.53 Å². The number of fused-ring (bicyclic) bond motifs is 1. The topological polar surface area (TPSA) is 29.5 Å². The van der Waals surface area contributed by atoms with Gasteiger partial charge in [-0.1, -0.05) is 24.3 Å². The predicted octanol–water partition coefficient (Wildman–Crippen LogP) is 2.04. The summed E-state index contributed by atoms with van der Waals surface area (Å²) in [7, 11) is 0. The van der Waals surface area contributed by atoms with Gasteiger partial charge in [-0.15, -0.1) is 0 Å². The summed E-state index contributed by atoms with van der Waals surface area (Å²) >= 11 is 0. The molecule has 1 aromatic carbocycles. The van der Waals surface area contributed by atoms with E-state index in [0.29, 0.717) is 5.91 Å². The fourth-order valence-electron chi connectivity index (χ4n) is 3.09. The van der Waals surface area contributed by atoms with Gasteiger partial charge in [0.05, 0.1) is 0 Å². The summed E-state index contributed by atoms with van der Waals surface area (Å²) in [5.74, 6) is 0.533. The van der Waals surface area contributed by atoms with Crippen molar-refractivity contribution in [3.63, 3.8) is 0 Å². The van der Waals surface area contributed by atoms with E-state index in [1.165, 1.54) is 11.1 Å². The van der Waals surface area contributed by atoms with Crippen LogP contribution >= 0.6 is 0 Å². The fraction of sp³-hybridized carbons (Fsp3) is 0.562. The van der Waals surface area contributed by atoms with Gasteiger partial charge in [0.15, 0.2) is 0 Å². The molecule has 2 heterocycles. The lowest BCUT2D eigenvalue weighted by atomic mass is 9.98. The second kappa shape index (κ2) is 5.74. The molecule has 0 N–H and O–H groups in total. The first-order valence-corrected chi connectivity index (χ1v) is 7.28. The Bertz CT molecular complexity index is 425. The smallest absolute Gasteiger partial charge is 0.225 e. The molecule has 0 bridgehead atoms. The summed E-state index contributed by atoms with van der Waals surface area (Å²) in [5.41, 5.74) is 2.81. The van der Waals surface area contributed by atoms with Crippen molar-refractivity contribution in [3.8, 4) is 0 Å². The van der Waals surface area contributed by atoms with Crippen LogP contribution < -0.4 is 0 Å². The third-order valence-electron chi connectivity index (χ3n) is 4.30. The minimum atomic E-state index is 0.190. The Morgan fingerprint density at radius 1 is 1.05 bits per heavy atom. The summed E-state index contributed by atoms with van der Waals surface area (Å²) in [4.78, 5) is 14.6. The van der Waals surface area contributed by atoms with Crippen LogP contribution in [0.25, 0.3) is 0 Å². The highest BCUT2D eigenvalue weighted by atomic mass is 16.5. The van der Waals surface area contributed by atoms with E-state index in [1.807, 2.05) is 0 Å². The van der Waals surface area contributed by atoms with E-state index >= 15 is 0 Å². The molecule has 0 atom stereocenters. The molecule has 2 aliphatic heterocycles. The van der Waals surface area contributed by atoms with E-state index in [4.69, 9.17) is 4.74 Å².